The van der Waals surface area contributed by atoms with Crippen LogP contribution in [0.1, 0.15) is 31.4 Å². The molecule has 0 bridgehead atoms. The molecule has 2 nitrogen and oxygen atoms in total. The first-order valence-electron chi connectivity index (χ1n) is 6.22. The first kappa shape index (κ1) is 14.3. The number of hydrogen-bond acceptors (Lipinski definition) is 2. The average molecular weight is 256 g/mol. The largest absolute Gasteiger partial charge is 0.489 e. The standard InChI is InChI=1S/C14H22ClNO/c1-5-12(9-16-6-2)17-13-7-10(3)14(15)11(4)8-13/h7-8,12,16H,5-6,9H2,1-4H3. The molecular formula is C14H22ClNO. The summed E-state index contributed by atoms with van der Waals surface area (Å²) in [5.74, 6) is 0.911. The van der Waals surface area contributed by atoms with Gasteiger partial charge in [0, 0.05) is 11.6 Å². The summed E-state index contributed by atoms with van der Waals surface area (Å²) in [4.78, 5) is 0. The lowest BCUT2D eigenvalue weighted by Gasteiger charge is -2.19. The van der Waals surface area contributed by atoms with Gasteiger partial charge in [-0.25, -0.2) is 0 Å². The number of nitrogens with one attached hydrogen (secondary N) is 1. The van der Waals surface area contributed by atoms with E-state index in [9.17, 15) is 0 Å². The summed E-state index contributed by atoms with van der Waals surface area (Å²) in [5.41, 5.74) is 2.14. The lowest BCUT2D eigenvalue weighted by molar-refractivity contribution is 0.194. The number of rotatable bonds is 6. The first-order chi connectivity index (χ1) is 8.08. The molecule has 17 heavy (non-hydrogen) atoms. The molecule has 0 fully saturated rings. The maximum absolute atomic E-state index is 6.14. The zero-order chi connectivity index (χ0) is 12.8. The molecule has 0 spiro atoms. The molecule has 96 valence electrons. The summed E-state index contributed by atoms with van der Waals surface area (Å²) in [6.45, 7) is 10.1. The summed E-state index contributed by atoms with van der Waals surface area (Å²) in [5, 5.41) is 4.14. The van der Waals surface area contributed by atoms with Gasteiger partial charge in [-0.15, -0.1) is 0 Å². The molecule has 0 radical (unpaired) electrons. The van der Waals surface area contributed by atoms with Gasteiger partial charge in [0.2, 0.25) is 0 Å². The number of aryl methyl sites for hydroxylation is 2. The van der Waals surface area contributed by atoms with Gasteiger partial charge in [-0.05, 0) is 50.1 Å². The molecule has 0 saturated heterocycles. The van der Waals surface area contributed by atoms with Crippen LogP contribution in [0.3, 0.4) is 0 Å². The quantitative estimate of drug-likeness (QED) is 0.837. The van der Waals surface area contributed by atoms with E-state index in [2.05, 4.69) is 19.2 Å². The third kappa shape index (κ3) is 4.21. The van der Waals surface area contributed by atoms with Crippen molar-refractivity contribution in [3.63, 3.8) is 0 Å². The van der Waals surface area contributed by atoms with Gasteiger partial charge in [-0.1, -0.05) is 25.4 Å². The Morgan fingerprint density at radius 2 is 1.82 bits per heavy atom. The molecule has 0 heterocycles. The fourth-order valence-corrected chi connectivity index (χ4v) is 1.85. The Morgan fingerprint density at radius 1 is 1.24 bits per heavy atom. The number of halogens is 1. The molecule has 0 aliphatic rings. The van der Waals surface area contributed by atoms with Gasteiger partial charge in [-0.3, -0.25) is 0 Å². The zero-order valence-electron chi connectivity index (χ0n) is 11.1. The molecule has 0 aliphatic carbocycles. The van der Waals surface area contributed by atoms with Crippen LogP contribution in [0, 0.1) is 13.8 Å². The minimum Gasteiger partial charge on any atom is -0.489 e. The van der Waals surface area contributed by atoms with Crippen molar-refractivity contribution in [1.82, 2.24) is 5.32 Å². The normalized spacial score (nSPS) is 12.5. The van der Waals surface area contributed by atoms with Crippen LogP contribution in [0.4, 0.5) is 0 Å². The summed E-state index contributed by atoms with van der Waals surface area (Å²) in [7, 11) is 0. The van der Waals surface area contributed by atoms with Crippen LogP contribution in [0.5, 0.6) is 5.75 Å². The second-order valence-electron chi connectivity index (χ2n) is 4.33. The van der Waals surface area contributed by atoms with Crippen LogP contribution >= 0.6 is 11.6 Å². The van der Waals surface area contributed by atoms with Crippen LogP contribution in [0.2, 0.25) is 5.02 Å². The Hall–Kier alpha value is -0.730. The van der Waals surface area contributed by atoms with E-state index in [0.717, 1.165) is 41.4 Å². The molecular weight excluding hydrogens is 234 g/mol. The van der Waals surface area contributed by atoms with E-state index >= 15 is 0 Å². The molecule has 1 N–H and O–H groups in total. The molecule has 0 saturated carbocycles. The van der Waals surface area contributed by atoms with Gasteiger partial charge in [0.15, 0.2) is 0 Å². The number of ether oxygens (including phenoxy) is 1. The minimum absolute atomic E-state index is 0.218. The van der Waals surface area contributed by atoms with Crippen LogP contribution in [-0.4, -0.2) is 19.2 Å². The Labute approximate surface area is 109 Å². The van der Waals surface area contributed by atoms with Crippen molar-refractivity contribution in [2.24, 2.45) is 0 Å². The maximum atomic E-state index is 6.14. The second kappa shape index (κ2) is 6.87. The molecule has 3 heteroatoms. The minimum atomic E-state index is 0.218. The molecule has 1 aromatic carbocycles. The highest BCUT2D eigenvalue weighted by Gasteiger charge is 2.09. The van der Waals surface area contributed by atoms with Crippen molar-refractivity contribution < 1.29 is 4.74 Å². The predicted octanol–water partition coefficient (Wildman–Crippen LogP) is 3.72. The van der Waals surface area contributed by atoms with E-state index in [-0.39, 0.29) is 6.10 Å². The van der Waals surface area contributed by atoms with Crippen LogP contribution in [0.15, 0.2) is 12.1 Å². The Balaban J connectivity index is 2.72. The lowest BCUT2D eigenvalue weighted by Crippen LogP contribution is -2.30. The van der Waals surface area contributed by atoms with Crippen molar-refractivity contribution in [3.05, 3.63) is 28.3 Å². The number of hydrogen-bond donors (Lipinski definition) is 1. The van der Waals surface area contributed by atoms with Gasteiger partial charge >= 0.3 is 0 Å². The molecule has 1 aromatic rings. The van der Waals surface area contributed by atoms with Gasteiger partial charge < -0.3 is 10.1 Å². The van der Waals surface area contributed by atoms with Gasteiger partial charge in [-0.2, -0.15) is 0 Å². The van der Waals surface area contributed by atoms with Crippen LogP contribution < -0.4 is 10.1 Å². The summed E-state index contributed by atoms with van der Waals surface area (Å²) in [6, 6.07) is 4.01. The maximum Gasteiger partial charge on any atom is 0.120 e. The molecule has 1 atom stereocenters. The first-order valence-corrected chi connectivity index (χ1v) is 6.60. The third-order valence-corrected chi connectivity index (χ3v) is 3.39. The van der Waals surface area contributed by atoms with Gasteiger partial charge in [0.1, 0.15) is 11.9 Å². The van der Waals surface area contributed by atoms with E-state index < -0.39 is 0 Å². The highest BCUT2D eigenvalue weighted by Crippen LogP contribution is 2.26. The molecule has 0 aromatic heterocycles. The van der Waals surface area contributed by atoms with E-state index in [1.165, 1.54) is 0 Å². The number of likely N-dealkylation sites (N-methyl/N-ethyl adjacent to an activating group) is 1. The van der Waals surface area contributed by atoms with E-state index in [0.29, 0.717) is 0 Å². The fraction of sp³-hybridized carbons (Fsp3) is 0.571. The number of benzene rings is 1. The summed E-state index contributed by atoms with van der Waals surface area (Å²) >= 11 is 6.14. The Kier molecular flexibility index (Phi) is 5.79. The lowest BCUT2D eigenvalue weighted by atomic mass is 10.1. The highest BCUT2D eigenvalue weighted by molar-refractivity contribution is 6.32. The van der Waals surface area contributed by atoms with Crippen LogP contribution in [-0.2, 0) is 0 Å². The Bertz CT molecular complexity index is 342. The molecule has 0 aliphatic heterocycles. The second-order valence-corrected chi connectivity index (χ2v) is 4.70. The van der Waals surface area contributed by atoms with Crippen molar-refractivity contribution in [2.45, 2.75) is 40.2 Å². The van der Waals surface area contributed by atoms with Gasteiger partial charge in [0.25, 0.3) is 0 Å². The monoisotopic (exact) mass is 255 g/mol. The zero-order valence-corrected chi connectivity index (χ0v) is 11.9. The van der Waals surface area contributed by atoms with Crippen molar-refractivity contribution >= 4 is 11.6 Å². The molecule has 0 amide bonds. The molecule has 1 rings (SSSR count). The van der Waals surface area contributed by atoms with E-state index in [1.807, 2.05) is 26.0 Å². The van der Waals surface area contributed by atoms with Crippen molar-refractivity contribution in [1.29, 1.82) is 0 Å². The summed E-state index contributed by atoms with van der Waals surface area (Å²) in [6.07, 6.45) is 1.21. The third-order valence-electron chi connectivity index (χ3n) is 2.79. The van der Waals surface area contributed by atoms with Crippen LogP contribution in [0.25, 0.3) is 0 Å². The summed E-state index contributed by atoms with van der Waals surface area (Å²) < 4.78 is 5.96. The highest BCUT2D eigenvalue weighted by atomic mass is 35.5. The van der Waals surface area contributed by atoms with Crippen molar-refractivity contribution in [2.75, 3.05) is 13.1 Å². The molecule has 1 unspecified atom stereocenters. The van der Waals surface area contributed by atoms with E-state index in [4.69, 9.17) is 16.3 Å². The smallest absolute Gasteiger partial charge is 0.120 e. The Morgan fingerprint density at radius 3 is 2.29 bits per heavy atom. The SMILES string of the molecule is CCNCC(CC)Oc1cc(C)c(Cl)c(C)c1. The average Bonchev–Trinajstić information content (AvgIpc) is 2.31. The predicted molar refractivity (Wildman–Crippen MR) is 74.2 cm³/mol. The van der Waals surface area contributed by atoms with Gasteiger partial charge in [0.05, 0.1) is 0 Å². The van der Waals surface area contributed by atoms with E-state index in [1.54, 1.807) is 0 Å². The topological polar surface area (TPSA) is 21.3 Å². The fourth-order valence-electron chi connectivity index (χ4n) is 1.74. The van der Waals surface area contributed by atoms with Crippen molar-refractivity contribution in [3.8, 4) is 5.75 Å².